The van der Waals surface area contributed by atoms with E-state index in [0.717, 1.165) is 12.2 Å². The molecule has 0 spiro atoms. The van der Waals surface area contributed by atoms with Crippen LogP contribution in [0.3, 0.4) is 0 Å². The Morgan fingerprint density at radius 3 is 2.75 bits per heavy atom. The predicted molar refractivity (Wildman–Crippen MR) is 70.8 cm³/mol. The van der Waals surface area contributed by atoms with Gasteiger partial charge in [-0.2, -0.15) is 0 Å². The number of hydrogen-bond acceptors (Lipinski definition) is 2. The molecular weight excluding hydrogens is 196 g/mol. The smallest absolute Gasteiger partial charge is 0.0602 e. The van der Waals surface area contributed by atoms with Crippen LogP contribution in [0.4, 0.5) is 11.4 Å². The first-order valence-electron chi connectivity index (χ1n) is 6.22. The first-order chi connectivity index (χ1) is 7.59. The largest absolute Gasteiger partial charge is 0.397 e. The van der Waals surface area contributed by atoms with E-state index in [2.05, 4.69) is 43.9 Å². The van der Waals surface area contributed by atoms with Gasteiger partial charge in [-0.15, -0.1) is 0 Å². The summed E-state index contributed by atoms with van der Waals surface area (Å²) in [6, 6.07) is 7.06. The Bertz CT molecular complexity index is 371. The quantitative estimate of drug-likeness (QED) is 0.772. The van der Waals surface area contributed by atoms with Crippen LogP contribution in [-0.4, -0.2) is 12.6 Å². The number of benzene rings is 1. The highest BCUT2D eigenvalue weighted by molar-refractivity contribution is 5.69. The average molecular weight is 218 g/mol. The van der Waals surface area contributed by atoms with Crippen LogP contribution >= 0.6 is 0 Å². The van der Waals surface area contributed by atoms with Gasteiger partial charge in [-0.05, 0) is 43.4 Å². The van der Waals surface area contributed by atoms with Crippen molar-refractivity contribution >= 4 is 11.4 Å². The number of nitrogens with two attached hydrogens (primary N) is 1. The molecule has 1 fully saturated rings. The molecule has 1 saturated heterocycles. The number of anilines is 2. The summed E-state index contributed by atoms with van der Waals surface area (Å²) in [5, 5.41) is 0. The molecular formula is C14H22N2. The highest BCUT2D eigenvalue weighted by Crippen LogP contribution is 2.33. The van der Waals surface area contributed by atoms with Gasteiger partial charge < -0.3 is 10.6 Å². The second kappa shape index (κ2) is 4.36. The van der Waals surface area contributed by atoms with E-state index in [1.165, 1.54) is 24.1 Å². The highest BCUT2D eigenvalue weighted by Gasteiger charge is 2.28. The Morgan fingerprint density at radius 1 is 1.38 bits per heavy atom. The van der Waals surface area contributed by atoms with E-state index < -0.39 is 0 Å². The van der Waals surface area contributed by atoms with Crippen molar-refractivity contribution in [1.82, 2.24) is 0 Å². The maximum absolute atomic E-state index is 6.12. The topological polar surface area (TPSA) is 29.3 Å². The van der Waals surface area contributed by atoms with Crippen LogP contribution in [0.25, 0.3) is 0 Å². The molecule has 0 amide bonds. The normalized spacial score (nSPS) is 20.8. The lowest BCUT2D eigenvalue weighted by atomic mass is 10.0. The Labute approximate surface area is 98.4 Å². The molecule has 88 valence electrons. The van der Waals surface area contributed by atoms with Crippen LogP contribution in [0, 0.1) is 12.8 Å². The zero-order valence-corrected chi connectivity index (χ0v) is 10.5. The average Bonchev–Trinajstić information content (AvgIpc) is 2.66. The molecule has 2 nitrogen and oxygen atoms in total. The summed E-state index contributed by atoms with van der Waals surface area (Å²) in [7, 11) is 0. The van der Waals surface area contributed by atoms with E-state index in [1.807, 2.05) is 0 Å². The van der Waals surface area contributed by atoms with Gasteiger partial charge in [-0.3, -0.25) is 0 Å². The van der Waals surface area contributed by atoms with Crippen LogP contribution in [0.5, 0.6) is 0 Å². The Balaban J connectivity index is 2.29. The van der Waals surface area contributed by atoms with Crippen LogP contribution in [-0.2, 0) is 0 Å². The van der Waals surface area contributed by atoms with Gasteiger partial charge >= 0.3 is 0 Å². The third kappa shape index (κ3) is 2.01. The van der Waals surface area contributed by atoms with Crippen molar-refractivity contribution in [2.75, 3.05) is 17.2 Å². The van der Waals surface area contributed by atoms with Crippen molar-refractivity contribution in [1.29, 1.82) is 0 Å². The minimum absolute atomic E-state index is 0.657. The summed E-state index contributed by atoms with van der Waals surface area (Å²) >= 11 is 0. The zero-order valence-electron chi connectivity index (χ0n) is 10.5. The van der Waals surface area contributed by atoms with Crippen LogP contribution in [0.1, 0.15) is 32.3 Å². The first kappa shape index (κ1) is 11.3. The Kier molecular flexibility index (Phi) is 3.08. The minimum Gasteiger partial charge on any atom is -0.397 e. The number of nitrogens with zero attached hydrogens (tertiary/aromatic N) is 1. The van der Waals surface area contributed by atoms with Crippen molar-refractivity contribution in [2.45, 2.75) is 39.7 Å². The Hall–Kier alpha value is -1.18. The van der Waals surface area contributed by atoms with Crippen LogP contribution in [0.2, 0.25) is 0 Å². The van der Waals surface area contributed by atoms with E-state index >= 15 is 0 Å². The van der Waals surface area contributed by atoms with E-state index in [0.29, 0.717) is 12.0 Å². The van der Waals surface area contributed by atoms with Gasteiger partial charge in [0, 0.05) is 12.6 Å². The number of aryl methyl sites for hydroxylation is 1. The lowest BCUT2D eigenvalue weighted by Gasteiger charge is -2.30. The zero-order chi connectivity index (χ0) is 11.7. The molecule has 1 unspecified atom stereocenters. The monoisotopic (exact) mass is 218 g/mol. The van der Waals surface area contributed by atoms with Gasteiger partial charge in [0.2, 0.25) is 0 Å². The summed E-state index contributed by atoms with van der Waals surface area (Å²) in [5.74, 6) is 0.697. The summed E-state index contributed by atoms with van der Waals surface area (Å²) < 4.78 is 0. The van der Waals surface area contributed by atoms with E-state index in [1.54, 1.807) is 0 Å². The fourth-order valence-electron chi connectivity index (χ4n) is 2.72. The third-order valence-electron chi connectivity index (χ3n) is 3.56. The summed E-state index contributed by atoms with van der Waals surface area (Å²) in [6.07, 6.45) is 2.58. The number of nitrogen functional groups attached to an aromatic ring is 1. The van der Waals surface area contributed by atoms with Gasteiger partial charge in [0.1, 0.15) is 0 Å². The first-order valence-corrected chi connectivity index (χ1v) is 6.22. The predicted octanol–water partition coefficient (Wildman–Crippen LogP) is 3.20. The fourth-order valence-corrected chi connectivity index (χ4v) is 2.72. The number of rotatable bonds is 2. The van der Waals surface area contributed by atoms with Crippen molar-refractivity contribution in [3.63, 3.8) is 0 Å². The van der Waals surface area contributed by atoms with Gasteiger partial charge in [0.25, 0.3) is 0 Å². The molecule has 0 saturated carbocycles. The van der Waals surface area contributed by atoms with E-state index in [9.17, 15) is 0 Å². The fraction of sp³-hybridized carbons (Fsp3) is 0.571. The molecule has 2 heteroatoms. The second-order valence-corrected chi connectivity index (χ2v) is 5.21. The molecule has 1 aromatic carbocycles. The van der Waals surface area contributed by atoms with Crippen LogP contribution < -0.4 is 10.6 Å². The molecule has 0 bridgehead atoms. The SMILES string of the molecule is Cc1ccc(N2CCCC2C(C)C)c(N)c1. The van der Waals surface area contributed by atoms with Gasteiger partial charge in [0.15, 0.2) is 0 Å². The summed E-state index contributed by atoms with van der Waals surface area (Å²) in [5.41, 5.74) is 9.51. The van der Waals surface area contributed by atoms with Crippen molar-refractivity contribution in [2.24, 2.45) is 5.92 Å². The maximum atomic E-state index is 6.12. The molecule has 1 heterocycles. The Morgan fingerprint density at radius 2 is 2.12 bits per heavy atom. The lowest BCUT2D eigenvalue weighted by Crippen LogP contribution is -2.33. The number of hydrogen-bond donors (Lipinski definition) is 1. The van der Waals surface area contributed by atoms with Gasteiger partial charge in [-0.25, -0.2) is 0 Å². The summed E-state index contributed by atoms with van der Waals surface area (Å²) in [6.45, 7) is 7.83. The molecule has 2 rings (SSSR count). The van der Waals surface area contributed by atoms with E-state index in [4.69, 9.17) is 5.73 Å². The highest BCUT2D eigenvalue weighted by atomic mass is 15.2. The molecule has 0 aromatic heterocycles. The molecule has 16 heavy (non-hydrogen) atoms. The lowest BCUT2D eigenvalue weighted by molar-refractivity contribution is 0.492. The van der Waals surface area contributed by atoms with E-state index in [-0.39, 0.29) is 0 Å². The molecule has 1 atom stereocenters. The maximum Gasteiger partial charge on any atom is 0.0602 e. The molecule has 0 aliphatic carbocycles. The minimum atomic E-state index is 0.657. The van der Waals surface area contributed by atoms with Gasteiger partial charge in [-0.1, -0.05) is 19.9 Å². The molecule has 1 aliphatic heterocycles. The second-order valence-electron chi connectivity index (χ2n) is 5.21. The standard InChI is InChI=1S/C14H22N2/c1-10(2)13-5-4-8-16(13)14-7-6-11(3)9-12(14)15/h6-7,9-10,13H,4-5,8,15H2,1-3H3. The van der Waals surface area contributed by atoms with Crippen molar-refractivity contribution < 1.29 is 0 Å². The summed E-state index contributed by atoms with van der Waals surface area (Å²) in [4.78, 5) is 2.49. The molecule has 0 radical (unpaired) electrons. The third-order valence-corrected chi connectivity index (χ3v) is 3.56. The molecule has 2 N–H and O–H groups in total. The van der Waals surface area contributed by atoms with Gasteiger partial charge in [0.05, 0.1) is 11.4 Å². The molecule has 1 aliphatic rings. The van der Waals surface area contributed by atoms with Crippen LogP contribution in [0.15, 0.2) is 18.2 Å². The molecule has 1 aromatic rings. The van der Waals surface area contributed by atoms with Crippen molar-refractivity contribution in [3.05, 3.63) is 23.8 Å². The van der Waals surface area contributed by atoms with Crippen molar-refractivity contribution in [3.8, 4) is 0 Å².